The first-order valence-corrected chi connectivity index (χ1v) is 8.94. The zero-order valence-electron chi connectivity index (χ0n) is 15.3. The third-order valence-electron chi connectivity index (χ3n) is 4.78. The van der Waals surface area contributed by atoms with Gasteiger partial charge in [0.2, 0.25) is 5.91 Å². The molecule has 27 heavy (non-hydrogen) atoms. The number of benzene rings is 2. The molecule has 0 aromatic heterocycles. The molecule has 1 heterocycles. The van der Waals surface area contributed by atoms with Gasteiger partial charge in [-0.25, -0.2) is 8.78 Å². The molecular weight excluding hydrogens is 350 g/mol. The minimum Gasteiger partial charge on any atom is -0.496 e. The predicted molar refractivity (Wildman–Crippen MR) is 99.4 cm³/mol. The lowest BCUT2D eigenvalue weighted by molar-refractivity contribution is -0.917. The summed E-state index contributed by atoms with van der Waals surface area (Å²) in [6, 6.07) is 10.9. The summed E-state index contributed by atoms with van der Waals surface area (Å²) in [7, 11) is 1.57. The van der Waals surface area contributed by atoms with Gasteiger partial charge < -0.3 is 14.5 Å². The van der Waals surface area contributed by atoms with Crippen molar-refractivity contribution < 1.29 is 23.2 Å². The van der Waals surface area contributed by atoms with Gasteiger partial charge in [-0.1, -0.05) is 18.2 Å². The zero-order valence-corrected chi connectivity index (χ0v) is 15.3. The number of halogens is 2. The molecule has 0 spiro atoms. The van der Waals surface area contributed by atoms with Crippen LogP contribution in [0.15, 0.2) is 48.5 Å². The van der Waals surface area contributed by atoms with Crippen molar-refractivity contribution in [1.29, 1.82) is 0 Å². The Balaban J connectivity index is 1.55. The number of carbonyl (C=O) groups is 1. The van der Waals surface area contributed by atoms with Crippen molar-refractivity contribution in [3.8, 4) is 5.75 Å². The molecule has 1 aliphatic rings. The summed E-state index contributed by atoms with van der Waals surface area (Å²) in [6.07, 6.45) is 2.92. The highest BCUT2D eigenvalue weighted by Gasteiger charge is 2.23. The first-order valence-electron chi connectivity index (χ1n) is 8.94. The molecule has 0 unspecified atom stereocenters. The van der Waals surface area contributed by atoms with E-state index in [1.165, 1.54) is 35.3 Å². The molecule has 3 rings (SSSR count). The van der Waals surface area contributed by atoms with Crippen LogP contribution in [-0.2, 0) is 11.3 Å². The minimum atomic E-state index is -0.347. The highest BCUT2D eigenvalue weighted by molar-refractivity contribution is 5.91. The van der Waals surface area contributed by atoms with Gasteiger partial charge in [-0.3, -0.25) is 4.79 Å². The molecule has 1 N–H and O–H groups in total. The molecule has 142 valence electrons. The maximum Gasteiger partial charge on any atom is 0.246 e. The van der Waals surface area contributed by atoms with E-state index in [-0.39, 0.29) is 17.5 Å². The second-order valence-corrected chi connectivity index (χ2v) is 6.56. The van der Waals surface area contributed by atoms with Gasteiger partial charge in [-0.15, -0.1) is 0 Å². The van der Waals surface area contributed by atoms with Gasteiger partial charge in [0.25, 0.3) is 0 Å². The van der Waals surface area contributed by atoms with Crippen molar-refractivity contribution >= 4 is 12.0 Å². The standard InChI is InChI=1S/C21H22F2N2O2/c1-27-20-8-7-18(22)14-17(20)15-24-10-12-25(13-11-24)21(26)9-6-16-4-2-3-5-19(16)23/h2-9,14H,10-13,15H2,1H3/p+1/b9-6+. The van der Waals surface area contributed by atoms with E-state index in [9.17, 15) is 13.6 Å². The number of hydrogen-bond acceptors (Lipinski definition) is 2. The average Bonchev–Trinajstić information content (AvgIpc) is 2.68. The van der Waals surface area contributed by atoms with Gasteiger partial charge in [0.05, 0.1) is 38.9 Å². The van der Waals surface area contributed by atoms with Crippen LogP contribution in [0.3, 0.4) is 0 Å². The molecule has 1 aliphatic heterocycles. The monoisotopic (exact) mass is 373 g/mol. The quantitative estimate of drug-likeness (QED) is 0.813. The van der Waals surface area contributed by atoms with Gasteiger partial charge in [0, 0.05) is 11.6 Å². The minimum absolute atomic E-state index is 0.124. The molecule has 0 atom stereocenters. The van der Waals surface area contributed by atoms with Gasteiger partial charge in [0.15, 0.2) is 0 Å². The van der Waals surface area contributed by atoms with E-state index in [0.717, 1.165) is 18.7 Å². The number of methoxy groups -OCH3 is 1. The summed E-state index contributed by atoms with van der Waals surface area (Å²) in [5.74, 6) is -0.0759. The number of amides is 1. The smallest absolute Gasteiger partial charge is 0.246 e. The van der Waals surface area contributed by atoms with Crippen LogP contribution in [0.25, 0.3) is 6.08 Å². The van der Waals surface area contributed by atoms with Crippen LogP contribution >= 0.6 is 0 Å². The molecule has 2 aromatic carbocycles. The van der Waals surface area contributed by atoms with E-state index >= 15 is 0 Å². The molecule has 2 aromatic rings. The number of piperazine rings is 1. The molecule has 0 radical (unpaired) electrons. The number of nitrogens with zero attached hydrogens (tertiary/aromatic N) is 1. The summed E-state index contributed by atoms with van der Waals surface area (Å²) in [4.78, 5) is 15.3. The van der Waals surface area contributed by atoms with Crippen LogP contribution < -0.4 is 9.64 Å². The predicted octanol–water partition coefficient (Wildman–Crippen LogP) is 1.91. The number of carbonyl (C=O) groups excluding carboxylic acids is 1. The van der Waals surface area contributed by atoms with Crippen LogP contribution in [-0.4, -0.2) is 44.1 Å². The number of ether oxygens (including phenoxy) is 1. The normalized spacial score (nSPS) is 15.3. The molecule has 6 heteroatoms. The summed E-state index contributed by atoms with van der Waals surface area (Å²) in [6.45, 7) is 3.38. The molecule has 0 aliphatic carbocycles. The summed E-state index contributed by atoms with van der Waals surface area (Å²) < 4.78 is 32.4. The highest BCUT2D eigenvalue weighted by atomic mass is 19.1. The molecule has 0 saturated carbocycles. The second kappa shape index (κ2) is 8.77. The fraction of sp³-hybridized carbons (Fsp3) is 0.286. The van der Waals surface area contributed by atoms with Crippen molar-refractivity contribution in [2.24, 2.45) is 0 Å². The third-order valence-corrected chi connectivity index (χ3v) is 4.78. The molecule has 1 saturated heterocycles. The molecule has 0 bridgehead atoms. The van der Waals surface area contributed by atoms with Crippen LogP contribution in [0.4, 0.5) is 8.78 Å². The molecule has 1 fully saturated rings. The van der Waals surface area contributed by atoms with Gasteiger partial charge in [-0.05, 0) is 30.3 Å². The average molecular weight is 373 g/mol. The van der Waals surface area contributed by atoms with Crippen molar-refractivity contribution in [1.82, 2.24) is 4.90 Å². The Labute approximate surface area is 157 Å². The molecule has 1 amide bonds. The largest absolute Gasteiger partial charge is 0.496 e. The van der Waals surface area contributed by atoms with Gasteiger partial charge >= 0.3 is 0 Å². The van der Waals surface area contributed by atoms with Crippen LogP contribution in [0, 0.1) is 11.6 Å². The number of quaternary nitrogens is 1. The Kier molecular flexibility index (Phi) is 6.19. The summed E-state index contributed by atoms with van der Waals surface area (Å²) in [5, 5.41) is 0. The maximum absolute atomic E-state index is 13.6. The zero-order chi connectivity index (χ0) is 19.2. The Hall–Kier alpha value is -2.73. The van der Waals surface area contributed by atoms with Crippen LogP contribution in [0.1, 0.15) is 11.1 Å². The number of rotatable bonds is 5. The van der Waals surface area contributed by atoms with Crippen LogP contribution in [0.2, 0.25) is 0 Å². The van der Waals surface area contributed by atoms with E-state index in [4.69, 9.17) is 4.74 Å². The second-order valence-electron chi connectivity index (χ2n) is 6.56. The van der Waals surface area contributed by atoms with E-state index in [1.807, 2.05) is 0 Å². The first kappa shape index (κ1) is 19.0. The SMILES string of the molecule is COc1ccc(F)cc1C[NH+]1CCN(C(=O)/C=C/c2ccccc2F)CC1. The lowest BCUT2D eigenvalue weighted by atomic mass is 10.1. The van der Waals surface area contributed by atoms with Crippen molar-refractivity contribution in [3.63, 3.8) is 0 Å². The lowest BCUT2D eigenvalue weighted by Gasteiger charge is -2.32. The van der Waals surface area contributed by atoms with E-state index < -0.39 is 0 Å². The molecule has 4 nitrogen and oxygen atoms in total. The first-order chi connectivity index (χ1) is 13.1. The maximum atomic E-state index is 13.6. The summed E-state index contributed by atoms with van der Waals surface area (Å²) in [5.41, 5.74) is 1.22. The Morgan fingerprint density at radius 1 is 1.19 bits per heavy atom. The van der Waals surface area contributed by atoms with Crippen molar-refractivity contribution in [2.45, 2.75) is 6.54 Å². The van der Waals surface area contributed by atoms with Gasteiger partial charge in [-0.2, -0.15) is 0 Å². The number of nitrogens with one attached hydrogen (secondary N) is 1. The fourth-order valence-electron chi connectivity index (χ4n) is 3.25. The fourth-order valence-corrected chi connectivity index (χ4v) is 3.25. The summed E-state index contributed by atoms with van der Waals surface area (Å²) >= 11 is 0. The topological polar surface area (TPSA) is 34.0 Å². The molecular formula is C21H23F2N2O2+. The Morgan fingerprint density at radius 3 is 2.63 bits per heavy atom. The third kappa shape index (κ3) is 4.92. The lowest BCUT2D eigenvalue weighted by Crippen LogP contribution is -3.13. The van der Waals surface area contributed by atoms with Crippen molar-refractivity contribution in [3.05, 3.63) is 71.3 Å². The van der Waals surface area contributed by atoms with E-state index in [1.54, 1.807) is 36.3 Å². The van der Waals surface area contributed by atoms with Crippen molar-refractivity contribution in [2.75, 3.05) is 33.3 Å². The number of hydrogen-bond donors (Lipinski definition) is 1. The van der Waals surface area contributed by atoms with E-state index in [0.29, 0.717) is 30.9 Å². The highest BCUT2D eigenvalue weighted by Crippen LogP contribution is 2.18. The van der Waals surface area contributed by atoms with Crippen LogP contribution in [0.5, 0.6) is 5.75 Å². The van der Waals surface area contributed by atoms with E-state index in [2.05, 4.69) is 0 Å². The van der Waals surface area contributed by atoms with Gasteiger partial charge in [0.1, 0.15) is 23.9 Å². The Morgan fingerprint density at radius 2 is 1.93 bits per heavy atom. The Bertz CT molecular complexity index is 831.